The lowest BCUT2D eigenvalue weighted by Crippen LogP contribution is -2.66. The second-order valence-electron chi connectivity index (χ2n) is 7.01. The minimum Gasteiger partial charge on any atom is -0.409 e. The molecule has 3 atom stereocenters. The molecule has 6 nitrogen and oxygen atoms in total. The lowest BCUT2D eigenvalue weighted by Gasteiger charge is -2.54. The van der Waals surface area contributed by atoms with Crippen molar-refractivity contribution in [3.8, 4) is 11.5 Å². The van der Waals surface area contributed by atoms with E-state index in [-0.39, 0.29) is 28.3 Å². The third-order valence-corrected chi connectivity index (χ3v) is 5.39. The van der Waals surface area contributed by atoms with Gasteiger partial charge >= 0.3 is 0 Å². The first-order chi connectivity index (χ1) is 11.5. The molecule has 1 aromatic heterocycles. The van der Waals surface area contributed by atoms with Gasteiger partial charge in [-0.25, -0.2) is 5.10 Å². The number of aromatic nitrogens is 2. The Bertz CT molecular complexity index is 824. The van der Waals surface area contributed by atoms with Crippen molar-refractivity contribution in [3.63, 3.8) is 0 Å². The van der Waals surface area contributed by atoms with Gasteiger partial charge in [0, 0.05) is 35.1 Å². The molecule has 1 aromatic carbocycles. The lowest BCUT2D eigenvalue weighted by atomic mass is 9.57. The Balaban J connectivity index is 1.48. The maximum Gasteiger partial charge on any atom is 0.284 e. The fraction of sp³-hybridized carbons (Fsp3) is 0.471. The summed E-state index contributed by atoms with van der Waals surface area (Å²) in [5.74, 6) is 0.780. The molecule has 126 valence electrons. The number of rotatable bonds is 3. The molecule has 0 radical (unpaired) electrons. The molecule has 0 bridgehead atoms. The Hall–Kier alpha value is -1.99. The molecule has 1 saturated carbocycles. The van der Waals surface area contributed by atoms with Gasteiger partial charge in [0.15, 0.2) is 0 Å². The van der Waals surface area contributed by atoms with Gasteiger partial charge in [-0.3, -0.25) is 4.79 Å². The van der Waals surface area contributed by atoms with Crippen LogP contribution >= 0.6 is 12.2 Å². The second kappa shape index (κ2) is 5.53. The number of hydrogen-bond donors (Lipinski definition) is 2. The minimum atomic E-state index is -0.0621. The van der Waals surface area contributed by atoms with Gasteiger partial charge in [0.25, 0.3) is 10.7 Å². The van der Waals surface area contributed by atoms with Gasteiger partial charge in [-0.15, -0.1) is 5.10 Å². The van der Waals surface area contributed by atoms with E-state index in [1.807, 2.05) is 0 Å². The summed E-state index contributed by atoms with van der Waals surface area (Å²) in [6.07, 6.45) is 1.28. The van der Waals surface area contributed by atoms with E-state index >= 15 is 0 Å². The quantitative estimate of drug-likeness (QED) is 0.836. The molecule has 1 aliphatic carbocycles. The van der Waals surface area contributed by atoms with Crippen molar-refractivity contribution < 1.29 is 13.9 Å². The molecule has 2 aromatic rings. The van der Waals surface area contributed by atoms with Gasteiger partial charge in [-0.1, -0.05) is 13.8 Å². The van der Waals surface area contributed by atoms with Crippen LogP contribution in [0.15, 0.2) is 28.7 Å². The third-order valence-electron chi connectivity index (χ3n) is 5.22. The zero-order valence-electron chi connectivity index (χ0n) is 13.5. The first-order valence-electron chi connectivity index (χ1n) is 8.05. The first-order valence-corrected chi connectivity index (χ1v) is 8.46. The summed E-state index contributed by atoms with van der Waals surface area (Å²) in [5, 5.41) is 9.74. The van der Waals surface area contributed by atoms with Gasteiger partial charge < -0.3 is 14.5 Å². The SMILES string of the molecule is CC1(C)[C@H](NC(=O)c2ccc(-c3n[nH]c(=S)o3)cc2)[C@H]2CCO[C@@H]21. The fourth-order valence-corrected chi connectivity index (χ4v) is 4.08. The predicted molar refractivity (Wildman–Crippen MR) is 90.0 cm³/mol. The molecular weight excluding hydrogens is 326 g/mol. The van der Waals surface area contributed by atoms with Crippen molar-refractivity contribution in [2.75, 3.05) is 6.61 Å². The molecule has 2 fully saturated rings. The van der Waals surface area contributed by atoms with Crippen LogP contribution in [0.5, 0.6) is 0 Å². The number of nitrogens with zero attached hydrogens (tertiary/aromatic N) is 1. The molecule has 24 heavy (non-hydrogen) atoms. The predicted octanol–water partition coefficient (Wildman–Crippen LogP) is 2.94. The van der Waals surface area contributed by atoms with E-state index in [0.717, 1.165) is 18.6 Å². The van der Waals surface area contributed by atoms with E-state index in [4.69, 9.17) is 21.4 Å². The highest BCUT2D eigenvalue weighted by Gasteiger charge is 2.59. The summed E-state index contributed by atoms with van der Waals surface area (Å²) >= 11 is 4.87. The number of hydrogen-bond acceptors (Lipinski definition) is 5. The average molecular weight is 345 g/mol. The van der Waals surface area contributed by atoms with Gasteiger partial charge in [0.05, 0.1) is 6.10 Å². The van der Waals surface area contributed by atoms with Crippen molar-refractivity contribution in [3.05, 3.63) is 34.7 Å². The topological polar surface area (TPSA) is 80.2 Å². The Morgan fingerprint density at radius 1 is 1.38 bits per heavy atom. The number of nitrogens with one attached hydrogen (secondary N) is 2. The smallest absolute Gasteiger partial charge is 0.284 e. The van der Waals surface area contributed by atoms with E-state index in [1.165, 1.54) is 0 Å². The Morgan fingerprint density at radius 2 is 2.12 bits per heavy atom. The largest absolute Gasteiger partial charge is 0.409 e. The van der Waals surface area contributed by atoms with E-state index < -0.39 is 0 Å². The summed E-state index contributed by atoms with van der Waals surface area (Å²) in [7, 11) is 0. The average Bonchev–Trinajstić information content (AvgIpc) is 3.20. The highest BCUT2D eigenvalue weighted by Crippen LogP contribution is 2.52. The summed E-state index contributed by atoms with van der Waals surface area (Å²) < 4.78 is 11.0. The van der Waals surface area contributed by atoms with Gasteiger partial charge in [-0.2, -0.15) is 0 Å². The number of ether oxygens (including phenoxy) is 1. The van der Waals surface area contributed by atoms with Crippen LogP contribution in [-0.4, -0.2) is 34.9 Å². The zero-order valence-corrected chi connectivity index (χ0v) is 14.4. The number of amides is 1. The van der Waals surface area contributed by atoms with E-state index in [9.17, 15) is 4.79 Å². The molecule has 1 aliphatic heterocycles. The monoisotopic (exact) mass is 345 g/mol. The minimum absolute atomic E-state index is 0.0233. The van der Waals surface area contributed by atoms with Crippen LogP contribution in [0.1, 0.15) is 30.6 Å². The summed E-state index contributed by atoms with van der Waals surface area (Å²) in [6.45, 7) is 5.09. The maximum absolute atomic E-state index is 12.6. The molecule has 1 saturated heterocycles. The normalized spacial score (nSPS) is 27.3. The molecule has 0 unspecified atom stereocenters. The molecule has 7 heteroatoms. The van der Waals surface area contributed by atoms with E-state index in [1.54, 1.807) is 24.3 Å². The fourth-order valence-electron chi connectivity index (χ4n) is 3.96. The second-order valence-corrected chi connectivity index (χ2v) is 7.38. The molecular formula is C17H19N3O3S. The van der Waals surface area contributed by atoms with Crippen LogP contribution in [0, 0.1) is 16.2 Å². The first kappa shape index (κ1) is 15.5. The maximum atomic E-state index is 12.6. The van der Waals surface area contributed by atoms with Gasteiger partial charge in [0.2, 0.25) is 5.89 Å². The number of carbonyl (C=O) groups is 1. The lowest BCUT2D eigenvalue weighted by molar-refractivity contribution is -0.108. The molecule has 2 aliphatic rings. The van der Waals surface area contributed by atoms with Crippen molar-refractivity contribution in [2.45, 2.75) is 32.4 Å². The van der Waals surface area contributed by atoms with Crippen LogP contribution < -0.4 is 5.32 Å². The summed E-state index contributed by atoms with van der Waals surface area (Å²) in [5.41, 5.74) is 1.36. The van der Waals surface area contributed by atoms with Crippen LogP contribution in [0.2, 0.25) is 0 Å². The number of H-pyrrole nitrogens is 1. The molecule has 2 heterocycles. The van der Waals surface area contributed by atoms with Crippen LogP contribution in [0.4, 0.5) is 0 Å². The van der Waals surface area contributed by atoms with Crippen LogP contribution in [-0.2, 0) is 4.74 Å². The van der Waals surface area contributed by atoms with E-state index in [0.29, 0.717) is 17.4 Å². The Morgan fingerprint density at radius 3 is 2.79 bits per heavy atom. The van der Waals surface area contributed by atoms with Crippen LogP contribution in [0.25, 0.3) is 11.5 Å². The highest BCUT2D eigenvalue weighted by molar-refractivity contribution is 7.71. The molecule has 2 N–H and O–H groups in total. The van der Waals surface area contributed by atoms with Gasteiger partial charge in [0.1, 0.15) is 0 Å². The van der Waals surface area contributed by atoms with E-state index in [2.05, 4.69) is 29.4 Å². The third kappa shape index (κ3) is 2.39. The number of aromatic amines is 1. The van der Waals surface area contributed by atoms with Crippen molar-refractivity contribution in [2.24, 2.45) is 11.3 Å². The molecule has 4 rings (SSSR count). The van der Waals surface area contributed by atoms with Crippen LogP contribution in [0.3, 0.4) is 0 Å². The standard InChI is InChI=1S/C17H19N3O3S/c1-17(2)12(11-7-8-22-13(11)17)18-14(21)9-3-5-10(6-4-9)15-19-20-16(24)23-15/h3-6,11-13H,7-8H2,1-2H3,(H,18,21)(H,20,24)/t11-,12-,13+/m1/s1. The van der Waals surface area contributed by atoms with Gasteiger partial charge in [-0.05, 0) is 42.9 Å². The highest BCUT2D eigenvalue weighted by atomic mass is 32.1. The van der Waals surface area contributed by atoms with Crippen molar-refractivity contribution in [1.82, 2.24) is 15.5 Å². The Labute approximate surface area is 144 Å². The Kier molecular flexibility index (Phi) is 3.58. The number of fused-ring (bicyclic) bond motifs is 1. The number of benzene rings is 1. The summed E-state index contributed by atoms with van der Waals surface area (Å²) in [6, 6.07) is 7.30. The van der Waals surface area contributed by atoms with Crippen molar-refractivity contribution >= 4 is 18.1 Å². The zero-order chi connectivity index (χ0) is 16.9. The molecule has 0 spiro atoms. The summed E-state index contributed by atoms with van der Waals surface area (Å²) in [4.78, 5) is 12.8. The molecule has 1 amide bonds. The number of carbonyl (C=O) groups excluding carboxylic acids is 1. The van der Waals surface area contributed by atoms with Crippen molar-refractivity contribution in [1.29, 1.82) is 0 Å².